The van der Waals surface area contributed by atoms with Crippen molar-refractivity contribution >= 4 is 5.91 Å². The quantitative estimate of drug-likeness (QED) is 0.787. The molecule has 5 nitrogen and oxygen atoms in total. The highest BCUT2D eigenvalue weighted by molar-refractivity contribution is 5.84. The Balaban J connectivity index is 1.70. The van der Waals surface area contributed by atoms with E-state index in [9.17, 15) is 13.6 Å². The molecule has 2 fully saturated rings. The Kier molecular flexibility index (Phi) is 5.54. The molecule has 0 spiro atoms. The first-order valence-electron chi connectivity index (χ1n) is 8.49. The molecule has 1 aliphatic heterocycles. The first-order valence-corrected chi connectivity index (χ1v) is 8.49. The minimum Gasteiger partial charge on any atom is -0.435 e. The van der Waals surface area contributed by atoms with Crippen molar-refractivity contribution < 1.29 is 27.8 Å². The highest BCUT2D eigenvalue weighted by Gasteiger charge is 2.47. The van der Waals surface area contributed by atoms with E-state index in [0.717, 1.165) is 24.8 Å². The number of morpholine rings is 1. The van der Waals surface area contributed by atoms with Crippen LogP contribution in [0.1, 0.15) is 30.9 Å². The number of rotatable bonds is 6. The van der Waals surface area contributed by atoms with E-state index in [4.69, 9.17) is 9.47 Å². The maximum atomic E-state index is 12.9. The van der Waals surface area contributed by atoms with Crippen molar-refractivity contribution in [2.45, 2.75) is 32.0 Å². The minimum atomic E-state index is -2.87. The molecule has 1 aliphatic carbocycles. The number of benzene rings is 1. The average Bonchev–Trinajstić information content (AvgIpc) is 2.57. The summed E-state index contributed by atoms with van der Waals surface area (Å²) in [6.07, 6.45) is 2.38. The van der Waals surface area contributed by atoms with Crippen LogP contribution in [0.15, 0.2) is 24.3 Å². The van der Waals surface area contributed by atoms with Crippen molar-refractivity contribution in [3.8, 4) is 5.75 Å². The van der Waals surface area contributed by atoms with Gasteiger partial charge in [-0.15, -0.1) is 0 Å². The molecule has 0 aromatic heterocycles. The van der Waals surface area contributed by atoms with Crippen LogP contribution in [0.3, 0.4) is 0 Å². The van der Waals surface area contributed by atoms with Gasteiger partial charge in [-0.05, 0) is 30.5 Å². The Morgan fingerprint density at radius 1 is 1.44 bits per heavy atom. The van der Waals surface area contributed by atoms with Crippen LogP contribution < -0.4 is 4.74 Å². The number of nitrogens with zero attached hydrogens (tertiary/aromatic N) is 1. The van der Waals surface area contributed by atoms with E-state index in [2.05, 4.69) is 4.74 Å². The summed E-state index contributed by atoms with van der Waals surface area (Å²) < 4.78 is 40.3. The molecule has 2 aliphatic rings. The normalized spacial score (nSPS) is 22.6. The Labute approximate surface area is 145 Å². The van der Waals surface area contributed by atoms with Crippen molar-refractivity contribution in [2.75, 3.05) is 33.4 Å². The zero-order valence-electron chi connectivity index (χ0n) is 14.2. The summed E-state index contributed by atoms with van der Waals surface area (Å²) in [6.45, 7) is -1.07. The molecule has 1 aromatic carbocycles. The molecule has 138 valence electrons. The topological polar surface area (TPSA) is 48.0 Å². The molecule has 1 unspecified atom stereocenters. The molecule has 1 heterocycles. The highest BCUT2D eigenvalue weighted by Crippen LogP contribution is 2.43. The predicted molar refractivity (Wildman–Crippen MR) is 86.5 cm³/mol. The molecule has 1 amide bonds. The van der Waals surface area contributed by atoms with Gasteiger partial charge in [-0.25, -0.2) is 0 Å². The summed E-state index contributed by atoms with van der Waals surface area (Å²) >= 11 is 0. The molecule has 25 heavy (non-hydrogen) atoms. The fraction of sp³-hybridized carbons (Fsp3) is 0.611. The second-order valence-corrected chi connectivity index (χ2v) is 6.63. The molecule has 0 N–H and O–H groups in total. The highest BCUT2D eigenvalue weighted by atomic mass is 19.3. The number of methoxy groups -OCH3 is 1. The Morgan fingerprint density at radius 2 is 2.24 bits per heavy atom. The summed E-state index contributed by atoms with van der Waals surface area (Å²) in [4.78, 5) is 14.8. The van der Waals surface area contributed by atoms with Gasteiger partial charge in [0.1, 0.15) is 11.9 Å². The summed E-state index contributed by atoms with van der Waals surface area (Å²) in [5, 5.41) is 0. The molecule has 1 atom stereocenters. The molecule has 0 bridgehead atoms. The van der Waals surface area contributed by atoms with Gasteiger partial charge >= 0.3 is 6.61 Å². The number of halogens is 2. The van der Waals surface area contributed by atoms with E-state index >= 15 is 0 Å². The van der Waals surface area contributed by atoms with Gasteiger partial charge in [-0.3, -0.25) is 4.79 Å². The summed E-state index contributed by atoms with van der Waals surface area (Å²) in [5.41, 5.74) is 0.321. The van der Waals surface area contributed by atoms with Crippen molar-refractivity contribution in [1.29, 1.82) is 0 Å². The van der Waals surface area contributed by atoms with Gasteiger partial charge in [0.15, 0.2) is 0 Å². The SMILES string of the molecule is COCC1(C(=O)N2CCOC(c3cccc(OC(F)F)c3)C2)CCC1. The Hall–Kier alpha value is -1.73. The second-order valence-electron chi connectivity index (χ2n) is 6.63. The number of amides is 1. The van der Waals surface area contributed by atoms with E-state index in [0.29, 0.717) is 26.3 Å². The summed E-state index contributed by atoms with van der Waals surface area (Å²) in [6, 6.07) is 6.46. The van der Waals surface area contributed by atoms with Crippen molar-refractivity contribution in [1.82, 2.24) is 4.90 Å². The molecule has 1 saturated heterocycles. The van der Waals surface area contributed by atoms with Gasteiger partial charge < -0.3 is 19.1 Å². The fourth-order valence-corrected chi connectivity index (χ4v) is 3.56. The number of carbonyl (C=O) groups is 1. The average molecular weight is 355 g/mol. The Morgan fingerprint density at radius 3 is 2.88 bits per heavy atom. The third-order valence-corrected chi connectivity index (χ3v) is 4.99. The van der Waals surface area contributed by atoms with Crippen molar-refractivity contribution in [2.24, 2.45) is 5.41 Å². The number of hydrogen-bond donors (Lipinski definition) is 0. The lowest BCUT2D eigenvalue weighted by atomic mass is 9.68. The monoisotopic (exact) mass is 355 g/mol. The van der Waals surface area contributed by atoms with Gasteiger partial charge in [0.05, 0.1) is 25.2 Å². The molecule has 1 aromatic rings. The van der Waals surface area contributed by atoms with Gasteiger partial charge in [-0.2, -0.15) is 8.78 Å². The lowest BCUT2D eigenvalue weighted by Crippen LogP contribution is -2.53. The molecule has 7 heteroatoms. The van der Waals surface area contributed by atoms with Crippen LogP contribution in [0.2, 0.25) is 0 Å². The first kappa shape index (κ1) is 18.1. The largest absolute Gasteiger partial charge is 0.435 e. The zero-order valence-corrected chi connectivity index (χ0v) is 14.2. The van der Waals surface area contributed by atoms with E-state index < -0.39 is 12.0 Å². The lowest BCUT2D eigenvalue weighted by molar-refractivity contribution is -0.159. The van der Waals surface area contributed by atoms with Crippen LogP contribution >= 0.6 is 0 Å². The summed E-state index contributed by atoms with van der Waals surface area (Å²) in [5.74, 6) is 0.197. The van der Waals surface area contributed by atoms with Crippen LogP contribution in [0, 0.1) is 5.41 Å². The predicted octanol–water partition coefficient (Wildman–Crippen LogP) is 3.00. The number of hydrogen-bond acceptors (Lipinski definition) is 4. The molecule has 1 saturated carbocycles. The van der Waals surface area contributed by atoms with Crippen molar-refractivity contribution in [3.63, 3.8) is 0 Å². The number of ether oxygens (including phenoxy) is 3. The lowest BCUT2D eigenvalue weighted by Gasteiger charge is -2.45. The molecule has 3 rings (SSSR count). The number of carbonyl (C=O) groups excluding carboxylic acids is 1. The second kappa shape index (κ2) is 7.66. The van der Waals surface area contributed by atoms with E-state index in [1.165, 1.54) is 6.07 Å². The van der Waals surface area contributed by atoms with Gasteiger partial charge in [0.2, 0.25) is 5.91 Å². The van der Waals surface area contributed by atoms with Crippen molar-refractivity contribution in [3.05, 3.63) is 29.8 Å². The van der Waals surface area contributed by atoms with E-state index in [1.54, 1.807) is 25.3 Å². The van der Waals surface area contributed by atoms with Gasteiger partial charge in [-0.1, -0.05) is 18.6 Å². The van der Waals surface area contributed by atoms with Gasteiger partial charge in [0, 0.05) is 13.7 Å². The minimum absolute atomic E-state index is 0.0920. The number of alkyl halides is 2. The van der Waals surface area contributed by atoms with Crippen LogP contribution in [0.5, 0.6) is 5.75 Å². The smallest absolute Gasteiger partial charge is 0.387 e. The standard InChI is InChI=1S/C18H23F2NO4/c1-23-12-18(6-3-7-18)16(22)21-8-9-24-15(11-21)13-4-2-5-14(10-13)25-17(19)20/h2,4-5,10,15,17H,3,6-9,11-12H2,1H3. The maximum Gasteiger partial charge on any atom is 0.387 e. The zero-order chi connectivity index (χ0) is 17.9. The molecule has 0 radical (unpaired) electrons. The van der Waals surface area contributed by atoms with Crippen LogP contribution in [-0.4, -0.2) is 50.8 Å². The van der Waals surface area contributed by atoms with Gasteiger partial charge in [0.25, 0.3) is 0 Å². The maximum absolute atomic E-state index is 12.9. The Bertz CT molecular complexity index is 606. The first-order chi connectivity index (χ1) is 12.0. The molecular weight excluding hydrogens is 332 g/mol. The van der Waals surface area contributed by atoms with E-state index in [-0.39, 0.29) is 17.8 Å². The van der Waals surface area contributed by atoms with Crippen LogP contribution in [-0.2, 0) is 14.3 Å². The van der Waals surface area contributed by atoms with Crippen LogP contribution in [0.4, 0.5) is 8.78 Å². The fourth-order valence-electron chi connectivity index (χ4n) is 3.56. The summed E-state index contributed by atoms with van der Waals surface area (Å²) in [7, 11) is 1.62. The van der Waals surface area contributed by atoms with E-state index in [1.807, 2.05) is 4.90 Å². The van der Waals surface area contributed by atoms with Crippen LogP contribution in [0.25, 0.3) is 0 Å². The third kappa shape index (κ3) is 3.93. The molecular formula is C18H23F2NO4. The third-order valence-electron chi connectivity index (χ3n) is 4.99.